The fraction of sp³-hybridized carbons (Fsp3) is 0.429. The molecule has 2 N–H and O–H groups in total. The largest absolute Gasteiger partial charge is 0.480 e. The molecule has 0 saturated carbocycles. The van der Waals surface area contributed by atoms with Gasteiger partial charge in [-0.05, 0) is 19.4 Å². The van der Waals surface area contributed by atoms with Gasteiger partial charge in [-0.1, -0.05) is 30.3 Å². The predicted octanol–water partition coefficient (Wildman–Crippen LogP) is 1.22. The summed E-state index contributed by atoms with van der Waals surface area (Å²) in [6.07, 6.45) is 0.238. The van der Waals surface area contributed by atoms with E-state index in [2.05, 4.69) is 5.32 Å². The van der Waals surface area contributed by atoms with Crippen molar-refractivity contribution in [3.05, 3.63) is 35.9 Å². The van der Waals surface area contributed by atoms with Crippen LogP contribution in [-0.2, 0) is 20.7 Å². The second kappa shape index (κ2) is 6.33. The van der Waals surface area contributed by atoms with Gasteiger partial charge in [0.2, 0.25) is 0 Å². The number of ether oxygens (including phenoxy) is 1. The highest BCUT2D eigenvalue weighted by atomic mass is 16.5. The maximum absolute atomic E-state index is 11.9. The quantitative estimate of drug-likeness (QED) is 0.811. The lowest BCUT2D eigenvalue weighted by atomic mass is 10.0. The zero-order valence-corrected chi connectivity index (χ0v) is 11.3. The van der Waals surface area contributed by atoms with E-state index < -0.39 is 23.5 Å². The van der Waals surface area contributed by atoms with E-state index in [1.807, 2.05) is 30.3 Å². The number of carboxylic acids is 1. The number of carbonyl (C=O) groups excluding carboxylic acids is 1. The Morgan fingerprint density at radius 1 is 1.32 bits per heavy atom. The molecular formula is C14H19NO4. The number of hydrogen-bond donors (Lipinski definition) is 2. The molecule has 1 rings (SSSR count). The highest BCUT2D eigenvalue weighted by Crippen LogP contribution is 2.09. The summed E-state index contributed by atoms with van der Waals surface area (Å²) >= 11 is 0. The van der Waals surface area contributed by atoms with Gasteiger partial charge in [-0.3, -0.25) is 4.79 Å². The number of benzene rings is 1. The van der Waals surface area contributed by atoms with E-state index in [1.165, 1.54) is 7.11 Å². The van der Waals surface area contributed by atoms with Crippen molar-refractivity contribution in [1.82, 2.24) is 5.32 Å². The Labute approximate surface area is 112 Å². The molecule has 1 unspecified atom stereocenters. The summed E-state index contributed by atoms with van der Waals surface area (Å²) < 4.78 is 5.03. The van der Waals surface area contributed by atoms with Gasteiger partial charge in [-0.2, -0.15) is 0 Å². The van der Waals surface area contributed by atoms with Crippen molar-refractivity contribution in [2.45, 2.75) is 31.9 Å². The first kappa shape index (κ1) is 15.2. The Hall–Kier alpha value is -1.88. The molecule has 0 aliphatic heterocycles. The SMILES string of the molecule is COC(C)(C)C(=O)NC(Cc1ccccc1)C(=O)O. The standard InChI is InChI=1S/C14H19NO4/c1-14(2,19-3)13(18)15-11(12(16)17)9-10-7-5-4-6-8-10/h4-8,11H,9H2,1-3H3,(H,15,18)(H,16,17). The van der Waals surface area contributed by atoms with Crippen molar-refractivity contribution in [3.8, 4) is 0 Å². The average molecular weight is 265 g/mol. The van der Waals surface area contributed by atoms with E-state index in [4.69, 9.17) is 9.84 Å². The fourth-order valence-electron chi connectivity index (χ4n) is 1.47. The van der Waals surface area contributed by atoms with Crippen LogP contribution in [0.2, 0.25) is 0 Å². The van der Waals surface area contributed by atoms with E-state index in [0.717, 1.165) is 5.56 Å². The number of rotatable bonds is 6. The van der Waals surface area contributed by atoms with Crippen LogP contribution >= 0.6 is 0 Å². The van der Waals surface area contributed by atoms with Crippen molar-refractivity contribution in [2.75, 3.05) is 7.11 Å². The third-order valence-corrected chi connectivity index (χ3v) is 2.94. The number of carboxylic acid groups (broad SMARTS) is 1. The lowest BCUT2D eigenvalue weighted by Gasteiger charge is -2.24. The summed E-state index contributed by atoms with van der Waals surface area (Å²) in [5.74, 6) is -1.51. The second-order valence-corrected chi connectivity index (χ2v) is 4.77. The normalized spacial score (nSPS) is 12.8. The number of hydrogen-bond acceptors (Lipinski definition) is 3. The summed E-state index contributed by atoms with van der Waals surface area (Å²) in [5, 5.41) is 11.7. The molecule has 5 nitrogen and oxygen atoms in total. The van der Waals surface area contributed by atoms with Crippen molar-refractivity contribution in [3.63, 3.8) is 0 Å². The van der Waals surface area contributed by atoms with Crippen molar-refractivity contribution < 1.29 is 19.4 Å². The molecule has 0 fully saturated rings. The minimum Gasteiger partial charge on any atom is -0.480 e. The van der Waals surface area contributed by atoms with Gasteiger partial charge in [0.25, 0.3) is 5.91 Å². The molecule has 1 amide bonds. The number of aliphatic carboxylic acids is 1. The molecule has 0 bridgehead atoms. The topological polar surface area (TPSA) is 75.6 Å². The zero-order chi connectivity index (χ0) is 14.5. The number of methoxy groups -OCH3 is 1. The Balaban J connectivity index is 2.75. The van der Waals surface area contributed by atoms with Crippen LogP contribution in [0.4, 0.5) is 0 Å². The summed E-state index contributed by atoms with van der Waals surface area (Å²) in [7, 11) is 1.41. The van der Waals surface area contributed by atoms with E-state index in [-0.39, 0.29) is 6.42 Å². The first-order valence-electron chi connectivity index (χ1n) is 5.99. The molecule has 1 aromatic carbocycles. The summed E-state index contributed by atoms with van der Waals surface area (Å²) in [5.41, 5.74) is -0.199. The smallest absolute Gasteiger partial charge is 0.326 e. The van der Waals surface area contributed by atoms with Crippen LogP contribution in [0.25, 0.3) is 0 Å². The molecule has 19 heavy (non-hydrogen) atoms. The molecule has 1 aromatic rings. The number of nitrogens with one attached hydrogen (secondary N) is 1. The molecule has 0 aliphatic carbocycles. The Bertz CT molecular complexity index is 442. The van der Waals surface area contributed by atoms with Gasteiger partial charge < -0.3 is 15.2 Å². The third-order valence-electron chi connectivity index (χ3n) is 2.94. The molecule has 104 valence electrons. The second-order valence-electron chi connectivity index (χ2n) is 4.77. The Morgan fingerprint density at radius 3 is 2.37 bits per heavy atom. The first-order valence-corrected chi connectivity index (χ1v) is 5.99. The monoisotopic (exact) mass is 265 g/mol. The highest BCUT2D eigenvalue weighted by molar-refractivity contribution is 5.88. The molecular weight excluding hydrogens is 246 g/mol. The predicted molar refractivity (Wildman–Crippen MR) is 70.8 cm³/mol. The lowest BCUT2D eigenvalue weighted by molar-refractivity contribution is -0.147. The van der Waals surface area contributed by atoms with Gasteiger partial charge in [0.15, 0.2) is 0 Å². The fourth-order valence-corrected chi connectivity index (χ4v) is 1.47. The van der Waals surface area contributed by atoms with Gasteiger partial charge in [-0.25, -0.2) is 4.79 Å². The summed E-state index contributed by atoms with van der Waals surface area (Å²) in [6.45, 7) is 3.17. The third kappa shape index (κ3) is 4.37. The lowest BCUT2D eigenvalue weighted by Crippen LogP contribution is -2.51. The van der Waals surface area contributed by atoms with Gasteiger partial charge in [-0.15, -0.1) is 0 Å². The summed E-state index contributed by atoms with van der Waals surface area (Å²) in [4.78, 5) is 23.1. The maximum Gasteiger partial charge on any atom is 0.326 e. The average Bonchev–Trinajstić information content (AvgIpc) is 2.38. The van der Waals surface area contributed by atoms with Crippen LogP contribution in [-0.4, -0.2) is 35.7 Å². The van der Waals surface area contributed by atoms with Crippen LogP contribution < -0.4 is 5.32 Å². The summed E-state index contributed by atoms with van der Waals surface area (Å²) in [6, 6.07) is 8.19. The van der Waals surface area contributed by atoms with Crippen LogP contribution in [0.15, 0.2) is 30.3 Å². The van der Waals surface area contributed by atoms with Gasteiger partial charge in [0.1, 0.15) is 11.6 Å². The van der Waals surface area contributed by atoms with E-state index >= 15 is 0 Å². The highest BCUT2D eigenvalue weighted by Gasteiger charge is 2.31. The van der Waals surface area contributed by atoms with Crippen LogP contribution in [0.3, 0.4) is 0 Å². The van der Waals surface area contributed by atoms with E-state index in [9.17, 15) is 9.59 Å². The van der Waals surface area contributed by atoms with E-state index in [1.54, 1.807) is 13.8 Å². The first-order chi connectivity index (χ1) is 8.86. The van der Waals surface area contributed by atoms with Crippen LogP contribution in [0, 0.1) is 0 Å². The maximum atomic E-state index is 11.9. The van der Waals surface area contributed by atoms with Crippen molar-refractivity contribution in [1.29, 1.82) is 0 Å². The number of carbonyl (C=O) groups is 2. The molecule has 0 saturated heterocycles. The Morgan fingerprint density at radius 2 is 1.89 bits per heavy atom. The molecule has 0 aliphatic rings. The molecule has 0 spiro atoms. The zero-order valence-electron chi connectivity index (χ0n) is 11.3. The molecule has 5 heteroatoms. The van der Waals surface area contributed by atoms with Crippen molar-refractivity contribution >= 4 is 11.9 Å². The van der Waals surface area contributed by atoms with Gasteiger partial charge in [0, 0.05) is 13.5 Å². The minimum atomic E-state index is -1.07. The number of amides is 1. The minimum absolute atomic E-state index is 0.238. The molecule has 1 atom stereocenters. The van der Waals surface area contributed by atoms with Gasteiger partial charge in [0.05, 0.1) is 0 Å². The van der Waals surface area contributed by atoms with E-state index in [0.29, 0.717) is 0 Å². The Kier molecular flexibility index (Phi) is 5.06. The van der Waals surface area contributed by atoms with Gasteiger partial charge >= 0.3 is 5.97 Å². The van der Waals surface area contributed by atoms with Crippen LogP contribution in [0.1, 0.15) is 19.4 Å². The van der Waals surface area contributed by atoms with Crippen molar-refractivity contribution in [2.24, 2.45) is 0 Å². The molecule has 0 heterocycles. The molecule has 0 aromatic heterocycles. The molecule has 0 radical (unpaired) electrons. The van der Waals surface area contributed by atoms with Crippen LogP contribution in [0.5, 0.6) is 0 Å².